The third kappa shape index (κ3) is 2.90. The summed E-state index contributed by atoms with van der Waals surface area (Å²) in [5, 5.41) is 3.55. The van der Waals surface area contributed by atoms with Gasteiger partial charge in [-0.25, -0.2) is 0 Å². The van der Waals surface area contributed by atoms with E-state index in [4.69, 9.17) is 4.74 Å². The van der Waals surface area contributed by atoms with E-state index in [-0.39, 0.29) is 11.9 Å². The van der Waals surface area contributed by atoms with Gasteiger partial charge >= 0.3 is 0 Å². The Kier molecular flexibility index (Phi) is 4.32. The Morgan fingerprint density at radius 1 is 0.962 bits per heavy atom. The molecule has 1 amide bonds. The van der Waals surface area contributed by atoms with Crippen LogP contribution in [0.15, 0.2) is 78.9 Å². The van der Waals surface area contributed by atoms with Crippen LogP contribution >= 0.6 is 0 Å². The van der Waals surface area contributed by atoms with E-state index in [9.17, 15) is 4.79 Å². The number of nitrogens with one attached hydrogen (secondary N) is 1. The van der Waals surface area contributed by atoms with Gasteiger partial charge in [0.15, 0.2) is 0 Å². The van der Waals surface area contributed by atoms with Crippen molar-refractivity contribution in [3.05, 3.63) is 90.0 Å². The van der Waals surface area contributed by atoms with E-state index >= 15 is 0 Å². The molecule has 1 heterocycles. The van der Waals surface area contributed by atoms with Crippen LogP contribution in [0.4, 0.5) is 11.4 Å². The van der Waals surface area contributed by atoms with Crippen molar-refractivity contribution in [1.82, 2.24) is 0 Å². The Bertz CT molecular complexity index is 924. The molecule has 1 unspecified atom stereocenters. The molecule has 0 saturated carbocycles. The minimum absolute atomic E-state index is 0.0322. The highest BCUT2D eigenvalue weighted by atomic mass is 16.5. The summed E-state index contributed by atoms with van der Waals surface area (Å²) in [6.45, 7) is 0.553. The molecule has 0 radical (unpaired) electrons. The molecule has 0 saturated heterocycles. The van der Waals surface area contributed by atoms with E-state index in [0.29, 0.717) is 17.9 Å². The van der Waals surface area contributed by atoms with Crippen molar-refractivity contribution >= 4 is 17.3 Å². The first-order valence-electron chi connectivity index (χ1n) is 8.63. The van der Waals surface area contributed by atoms with Crippen molar-refractivity contribution in [2.24, 2.45) is 0 Å². The molecule has 3 aromatic rings. The number of amides is 1. The van der Waals surface area contributed by atoms with Crippen LogP contribution in [-0.4, -0.2) is 19.6 Å². The van der Waals surface area contributed by atoms with Gasteiger partial charge in [-0.2, -0.15) is 0 Å². The number of methoxy groups -OCH3 is 1. The molecule has 1 atom stereocenters. The molecule has 3 aromatic carbocycles. The third-order valence-electron chi connectivity index (χ3n) is 4.67. The molecule has 1 N–H and O–H groups in total. The number of rotatable bonds is 3. The molecule has 4 rings (SSSR count). The lowest BCUT2D eigenvalue weighted by Crippen LogP contribution is -2.40. The number of hydrogen-bond acceptors (Lipinski definition) is 3. The minimum Gasteiger partial charge on any atom is -0.496 e. The summed E-state index contributed by atoms with van der Waals surface area (Å²) in [5.74, 6) is 0.530. The Labute approximate surface area is 153 Å². The predicted octanol–water partition coefficient (Wildman–Crippen LogP) is 4.51. The predicted molar refractivity (Wildman–Crippen MR) is 104 cm³/mol. The molecule has 1 aliphatic heterocycles. The molecule has 4 nitrogen and oxygen atoms in total. The second-order valence-corrected chi connectivity index (χ2v) is 6.24. The molecule has 4 heteroatoms. The normalized spacial score (nSPS) is 15.7. The zero-order valence-corrected chi connectivity index (χ0v) is 14.6. The van der Waals surface area contributed by atoms with Gasteiger partial charge in [-0.3, -0.25) is 4.79 Å². The number of benzene rings is 3. The number of nitrogens with zero attached hydrogens (tertiary/aromatic N) is 1. The number of carbonyl (C=O) groups is 1. The lowest BCUT2D eigenvalue weighted by atomic mass is 10.0. The van der Waals surface area contributed by atoms with Gasteiger partial charge in [0.1, 0.15) is 5.75 Å². The smallest absolute Gasteiger partial charge is 0.262 e. The van der Waals surface area contributed by atoms with Crippen molar-refractivity contribution < 1.29 is 9.53 Å². The van der Waals surface area contributed by atoms with Gasteiger partial charge in [0.2, 0.25) is 0 Å². The first-order chi connectivity index (χ1) is 12.8. The fourth-order valence-electron chi connectivity index (χ4n) is 3.38. The average molecular weight is 344 g/mol. The van der Waals surface area contributed by atoms with Crippen LogP contribution in [0.1, 0.15) is 22.0 Å². The van der Waals surface area contributed by atoms with Crippen LogP contribution in [0.5, 0.6) is 5.75 Å². The Hall–Kier alpha value is -3.27. The van der Waals surface area contributed by atoms with Gasteiger partial charge < -0.3 is 15.0 Å². The van der Waals surface area contributed by atoms with Crippen LogP contribution < -0.4 is 15.0 Å². The maximum absolute atomic E-state index is 13.3. The molecule has 0 aliphatic carbocycles. The van der Waals surface area contributed by atoms with Crippen LogP contribution in [0.3, 0.4) is 0 Å². The van der Waals surface area contributed by atoms with E-state index in [0.717, 1.165) is 16.9 Å². The van der Waals surface area contributed by atoms with Crippen LogP contribution in [0, 0.1) is 0 Å². The number of anilines is 2. The van der Waals surface area contributed by atoms with Crippen LogP contribution in [-0.2, 0) is 0 Å². The van der Waals surface area contributed by atoms with Crippen molar-refractivity contribution in [2.45, 2.75) is 6.04 Å². The molecular weight excluding hydrogens is 324 g/mol. The van der Waals surface area contributed by atoms with Gasteiger partial charge in [-0.05, 0) is 29.8 Å². The second kappa shape index (κ2) is 6.92. The van der Waals surface area contributed by atoms with Gasteiger partial charge in [0.05, 0.1) is 36.6 Å². The Balaban J connectivity index is 1.75. The Morgan fingerprint density at radius 3 is 2.46 bits per heavy atom. The first-order valence-corrected chi connectivity index (χ1v) is 8.63. The highest BCUT2D eigenvalue weighted by Gasteiger charge is 2.30. The molecule has 0 aromatic heterocycles. The molecule has 0 fully saturated rings. The molecule has 0 bridgehead atoms. The van der Waals surface area contributed by atoms with E-state index in [2.05, 4.69) is 17.4 Å². The van der Waals surface area contributed by atoms with Crippen LogP contribution in [0.25, 0.3) is 0 Å². The number of ether oxygens (including phenoxy) is 1. The van der Waals surface area contributed by atoms with Crippen LogP contribution in [0.2, 0.25) is 0 Å². The van der Waals surface area contributed by atoms with E-state index in [1.165, 1.54) is 0 Å². The maximum atomic E-state index is 13.3. The summed E-state index contributed by atoms with van der Waals surface area (Å²) in [6, 6.07) is 25.5. The average Bonchev–Trinajstić information content (AvgIpc) is 2.73. The van der Waals surface area contributed by atoms with Crippen molar-refractivity contribution in [3.8, 4) is 5.75 Å². The van der Waals surface area contributed by atoms with Gasteiger partial charge in [0, 0.05) is 0 Å². The zero-order valence-electron chi connectivity index (χ0n) is 14.6. The molecule has 1 aliphatic rings. The molecule has 0 spiro atoms. The lowest BCUT2D eigenvalue weighted by molar-refractivity contribution is 0.0982. The molecule has 26 heavy (non-hydrogen) atoms. The summed E-state index contributed by atoms with van der Waals surface area (Å²) < 4.78 is 5.39. The van der Waals surface area contributed by atoms with Crippen molar-refractivity contribution in [2.75, 3.05) is 23.9 Å². The summed E-state index contributed by atoms with van der Waals surface area (Å²) >= 11 is 0. The molecular formula is C22H20N2O2. The number of hydrogen-bond donors (Lipinski definition) is 1. The Morgan fingerprint density at radius 2 is 1.65 bits per heavy atom. The van der Waals surface area contributed by atoms with Crippen molar-refractivity contribution in [1.29, 1.82) is 0 Å². The van der Waals surface area contributed by atoms with E-state index in [1.54, 1.807) is 7.11 Å². The van der Waals surface area contributed by atoms with E-state index < -0.39 is 0 Å². The summed E-state index contributed by atoms with van der Waals surface area (Å²) in [5.41, 5.74) is 3.56. The second-order valence-electron chi connectivity index (χ2n) is 6.24. The minimum atomic E-state index is -0.0580. The van der Waals surface area contributed by atoms with Crippen molar-refractivity contribution in [3.63, 3.8) is 0 Å². The standard InChI is InChI=1S/C22H20N2O2/c1-26-21-14-8-5-11-17(21)22(25)24-15-19(16-9-3-2-4-10-16)23-18-12-6-7-13-20(18)24/h2-14,19,23H,15H2,1H3. The zero-order chi connectivity index (χ0) is 17.9. The van der Waals surface area contributed by atoms with E-state index in [1.807, 2.05) is 71.6 Å². The lowest BCUT2D eigenvalue weighted by Gasteiger charge is -2.36. The third-order valence-corrected chi connectivity index (χ3v) is 4.67. The SMILES string of the molecule is COc1ccccc1C(=O)N1CC(c2ccccc2)Nc2ccccc21. The fraction of sp³-hybridized carbons (Fsp3) is 0.136. The largest absolute Gasteiger partial charge is 0.496 e. The summed E-state index contributed by atoms with van der Waals surface area (Å²) in [6.07, 6.45) is 0. The maximum Gasteiger partial charge on any atom is 0.262 e. The summed E-state index contributed by atoms with van der Waals surface area (Å²) in [4.78, 5) is 15.2. The number of para-hydroxylation sites is 3. The number of carbonyl (C=O) groups excluding carboxylic acids is 1. The molecule has 130 valence electrons. The monoisotopic (exact) mass is 344 g/mol. The fourth-order valence-corrected chi connectivity index (χ4v) is 3.38. The topological polar surface area (TPSA) is 41.6 Å². The number of fused-ring (bicyclic) bond motifs is 1. The quantitative estimate of drug-likeness (QED) is 0.760. The van der Waals surface area contributed by atoms with Gasteiger partial charge in [-0.1, -0.05) is 54.6 Å². The van der Waals surface area contributed by atoms with Gasteiger partial charge in [-0.15, -0.1) is 0 Å². The van der Waals surface area contributed by atoms with Gasteiger partial charge in [0.25, 0.3) is 5.91 Å². The highest BCUT2D eigenvalue weighted by Crippen LogP contribution is 2.37. The summed E-state index contributed by atoms with van der Waals surface area (Å²) in [7, 11) is 1.59. The highest BCUT2D eigenvalue weighted by molar-refractivity contribution is 6.10. The first kappa shape index (κ1) is 16.2.